The van der Waals surface area contributed by atoms with Gasteiger partial charge in [-0.1, -0.05) is 17.8 Å². The maximum absolute atomic E-state index is 13.3. The predicted octanol–water partition coefficient (Wildman–Crippen LogP) is 4.69. The Bertz CT molecular complexity index is 1170. The molecule has 2 aromatic heterocycles. The molecule has 9 nitrogen and oxygen atoms in total. The molecule has 1 amide bonds. The number of amides is 1. The van der Waals surface area contributed by atoms with Crippen LogP contribution < -0.4 is 5.32 Å². The van der Waals surface area contributed by atoms with Crippen LogP contribution in [0.15, 0.2) is 52.8 Å². The normalized spacial score (nSPS) is 11.4. The molecule has 3 rings (SSSR count). The van der Waals surface area contributed by atoms with Crippen molar-refractivity contribution < 1.29 is 27.3 Å². The number of aromatic nitrogens is 3. The van der Waals surface area contributed by atoms with Gasteiger partial charge in [-0.05, 0) is 19.1 Å². The SMILES string of the molecule is C=CCn1c(SCC(=O)Nc2ccc([N+](=O)[O-])cc2C(F)(F)F)nnc1-c1ccoc1C. The third-order valence-electron chi connectivity index (χ3n) is 4.25. The summed E-state index contributed by atoms with van der Waals surface area (Å²) in [5, 5.41) is 21.5. The molecule has 168 valence electrons. The van der Waals surface area contributed by atoms with Crippen LogP contribution >= 0.6 is 11.8 Å². The van der Waals surface area contributed by atoms with E-state index < -0.39 is 33.9 Å². The van der Waals surface area contributed by atoms with Gasteiger partial charge < -0.3 is 9.73 Å². The van der Waals surface area contributed by atoms with E-state index in [4.69, 9.17) is 4.42 Å². The summed E-state index contributed by atoms with van der Waals surface area (Å²) in [4.78, 5) is 22.2. The average molecular weight is 467 g/mol. The number of nitro groups is 1. The maximum Gasteiger partial charge on any atom is 0.418 e. The number of furan rings is 1. The van der Waals surface area contributed by atoms with E-state index in [1.807, 2.05) is 0 Å². The van der Waals surface area contributed by atoms with Crippen LogP contribution in [-0.2, 0) is 17.5 Å². The number of thioether (sulfide) groups is 1. The van der Waals surface area contributed by atoms with Gasteiger partial charge in [-0.3, -0.25) is 19.5 Å². The number of nitrogens with one attached hydrogen (secondary N) is 1. The smallest absolute Gasteiger partial charge is 0.418 e. The van der Waals surface area contributed by atoms with Crippen molar-refractivity contribution >= 4 is 29.0 Å². The highest BCUT2D eigenvalue weighted by molar-refractivity contribution is 7.99. The standard InChI is InChI=1S/C19H16F3N5O4S/c1-3-7-26-17(13-6-8-31-11(13)2)24-25-18(26)32-10-16(28)23-15-5-4-12(27(29)30)9-14(15)19(20,21)22/h3-6,8-9H,1,7,10H2,2H3,(H,23,28). The third-order valence-corrected chi connectivity index (χ3v) is 5.22. The fourth-order valence-electron chi connectivity index (χ4n) is 2.81. The lowest BCUT2D eigenvalue weighted by atomic mass is 10.1. The molecule has 0 spiro atoms. The lowest BCUT2D eigenvalue weighted by Crippen LogP contribution is -2.18. The van der Waals surface area contributed by atoms with Gasteiger partial charge in [0, 0.05) is 18.7 Å². The average Bonchev–Trinajstić information content (AvgIpc) is 3.31. The zero-order valence-corrected chi connectivity index (χ0v) is 17.4. The molecule has 0 aliphatic carbocycles. The number of hydrogen-bond donors (Lipinski definition) is 1. The molecule has 0 bridgehead atoms. The number of carbonyl (C=O) groups excluding carboxylic acids is 1. The van der Waals surface area contributed by atoms with Gasteiger partial charge in [-0.2, -0.15) is 13.2 Å². The van der Waals surface area contributed by atoms with Gasteiger partial charge in [0.05, 0.1) is 33.8 Å². The van der Waals surface area contributed by atoms with E-state index in [2.05, 4.69) is 22.1 Å². The van der Waals surface area contributed by atoms with Gasteiger partial charge in [-0.25, -0.2) is 0 Å². The molecule has 0 saturated heterocycles. The molecule has 0 radical (unpaired) electrons. The van der Waals surface area contributed by atoms with Crippen LogP contribution in [0.5, 0.6) is 0 Å². The summed E-state index contributed by atoms with van der Waals surface area (Å²) in [6, 6.07) is 3.83. The largest absolute Gasteiger partial charge is 0.469 e. The highest BCUT2D eigenvalue weighted by Gasteiger charge is 2.35. The van der Waals surface area contributed by atoms with Crippen molar-refractivity contribution in [3.63, 3.8) is 0 Å². The Morgan fingerprint density at radius 2 is 2.12 bits per heavy atom. The van der Waals surface area contributed by atoms with Crippen LogP contribution in [0.4, 0.5) is 24.5 Å². The molecule has 13 heteroatoms. The fraction of sp³-hybridized carbons (Fsp3) is 0.211. The molecule has 0 saturated carbocycles. The van der Waals surface area contributed by atoms with Gasteiger partial charge in [0.25, 0.3) is 5.69 Å². The van der Waals surface area contributed by atoms with E-state index in [1.165, 1.54) is 6.26 Å². The van der Waals surface area contributed by atoms with Crippen LogP contribution in [0.3, 0.4) is 0 Å². The van der Waals surface area contributed by atoms with Gasteiger partial charge in [-0.15, -0.1) is 16.8 Å². The predicted molar refractivity (Wildman–Crippen MR) is 110 cm³/mol. The highest BCUT2D eigenvalue weighted by Crippen LogP contribution is 2.37. The zero-order valence-electron chi connectivity index (χ0n) is 16.5. The first kappa shape index (κ1) is 23.1. The molecule has 0 atom stereocenters. The number of nitrogens with zero attached hydrogens (tertiary/aromatic N) is 4. The summed E-state index contributed by atoms with van der Waals surface area (Å²) in [5.74, 6) is 0.0979. The van der Waals surface area contributed by atoms with Crippen molar-refractivity contribution in [2.75, 3.05) is 11.1 Å². The first-order valence-corrected chi connectivity index (χ1v) is 9.97. The quantitative estimate of drug-likeness (QED) is 0.221. The van der Waals surface area contributed by atoms with Crippen LogP contribution in [0.1, 0.15) is 11.3 Å². The van der Waals surface area contributed by atoms with Crippen molar-refractivity contribution in [2.45, 2.75) is 24.8 Å². The van der Waals surface area contributed by atoms with Crippen molar-refractivity contribution in [3.8, 4) is 11.4 Å². The Kier molecular flexibility index (Phi) is 6.67. The van der Waals surface area contributed by atoms with Gasteiger partial charge in [0.2, 0.25) is 5.91 Å². The number of halogens is 3. The van der Waals surface area contributed by atoms with Crippen molar-refractivity contribution in [3.05, 3.63) is 64.6 Å². The van der Waals surface area contributed by atoms with Crippen molar-refractivity contribution in [2.24, 2.45) is 0 Å². The van der Waals surface area contributed by atoms with E-state index in [0.29, 0.717) is 34.9 Å². The summed E-state index contributed by atoms with van der Waals surface area (Å²) in [6.07, 6.45) is -1.78. The van der Waals surface area contributed by atoms with E-state index in [-0.39, 0.29) is 5.75 Å². The van der Waals surface area contributed by atoms with E-state index in [1.54, 1.807) is 23.6 Å². The summed E-state index contributed by atoms with van der Waals surface area (Å²) in [7, 11) is 0. The van der Waals surface area contributed by atoms with Crippen LogP contribution in [0, 0.1) is 17.0 Å². The van der Waals surface area contributed by atoms with Crippen LogP contribution in [0.2, 0.25) is 0 Å². The number of non-ortho nitro benzene ring substituents is 1. The Balaban J connectivity index is 1.77. The molecule has 0 fully saturated rings. The second kappa shape index (κ2) is 9.26. The second-order valence-corrected chi connectivity index (χ2v) is 7.36. The molecule has 32 heavy (non-hydrogen) atoms. The fourth-order valence-corrected chi connectivity index (χ4v) is 3.56. The summed E-state index contributed by atoms with van der Waals surface area (Å²) in [6.45, 7) is 5.77. The highest BCUT2D eigenvalue weighted by atomic mass is 32.2. The molecule has 1 aromatic carbocycles. The number of benzene rings is 1. The van der Waals surface area contributed by atoms with Gasteiger partial charge in [0.1, 0.15) is 5.76 Å². The second-order valence-electron chi connectivity index (χ2n) is 6.42. The Hall–Kier alpha value is -3.61. The van der Waals surface area contributed by atoms with E-state index in [0.717, 1.165) is 23.9 Å². The molecule has 2 heterocycles. The number of aryl methyl sites for hydroxylation is 1. The summed E-state index contributed by atoms with van der Waals surface area (Å²) < 4.78 is 46.8. The molecular formula is C19H16F3N5O4S. The third kappa shape index (κ3) is 4.99. The minimum atomic E-state index is -4.89. The number of nitro benzene ring substituents is 1. The summed E-state index contributed by atoms with van der Waals surface area (Å²) >= 11 is 0.969. The summed E-state index contributed by atoms with van der Waals surface area (Å²) in [5.41, 5.74) is -1.91. The van der Waals surface area contributed by atoms with E-state index in [9.17, 15) is 28.1 Å². The number of alkyl halides is 3. The minimum Gasteiger partial charge on any atom is -0.469 e. The Morgan fingerprint density at radius 1 is 1.38 bits per heavy atom. The Morgan fingerprint density at radius 3 is 2.72 bits per heavy atom. The molecule has 0 aliphatic heterocycles. The lowest BCUT2D eigenvalue weighted by Gasteiger charge is -2.13. The number of hydrogen-bond acceptors (Lipinski definition) is 7. The number of anilines is 1. The lowest BCUT2D eigenvalue weighted by molar-refractivity contribution is -0.385. The minimum absolute atomic E-state index is 0.270. The number of allylic oxidation sites excluding steroid dienone is 1. The first-order valence-electron chi connectivity index (χ1n) is 8.98. The molecule has 0 aliphatic rings. The van der Waals surface area contributed by atoms with Gasteiger partial charge in [0.15, 0.2) is 11.0 Å². The topological polar surface area (TPSA) is 116 Å². The Labute approximate surface area is 183 Å². The van der Waals surface area contributed by atoms with Gasteiger partial charge >= 0.3 is 6.18 Å². The molecule has 1 N–H and O–H groups in total. The van der Waals surface area contributed by atoms with E-state index >= 15 is 0 Å². The monoisotopic (exact) mass is 467 g/mol. The van der Waals surface area contributed by atoms with Crippen molar-refractivity contribution in [1.82, 2.24) is 14.8 Å². The van der Waals surface area contributed by atoms with Crippen LogP contribution in [0.25, 0.3) is 11.4 Å². The molecular weight excluding hydrogens is 451 g/mol. The number of rotatable bonds is 8. The maximum atomic E-state index is 13.3. The molecule has 0 unspecified atom stereocenters. The zero-order chi connectivity index (χ0) is 23.5. The molecule has 3 aromatic rings. The first-order chi connectivity index (χ1) is 15.1. The van der Waals surface area contributed by atoms with Crippen LogP contribution in [-0.4, -0.2) is 31.3 Å². The van der Waals surface area contributed by atoms with Crippen molar-refractivity contribution in [1.29, 1.82) is 0 Å². The number of carbonyl (C=O) groups is 1.